The van der Waals surface area contributed by atoms with Crippen LogP contribution in [0.5, 0.6) is 0 Å². The van der Waals surface area contributed by atoms with Gasteiger partial charge < -0.3 is 14.8 Å². The number of hydrogen-bond donors (Lipinski definition) is 1. The normalized spacial score (nSPS) is 21.0. The molecule has 1 fully saturated rings. The number of hydrogen-bond acceptors (Lipinski definition) is 3. The van der Waals surface area contributed by atoms with Crippen LogP contribution < -0.4 is 10.9 Å². The number of rotatable bonds is 1. The fourth-order valence-electron chi connectivity index (χ4n) is 4.43. The summed E-state index contributed by atoms with van der Waals surface area (Å²) in [5, 5.41) is 6.41. The van der Waals surface area contributed by atoms with E-state index in [1.54, 1.807) is 12.3 Å². The van der Waals surface area contributed by atoms with Crippen molar-refractivity contribution < 1.29 is 0 Å². The van der Waals surface area contributed by atoms with E-state index in [4.69, 9.17) is 12.2 Å². The van der Waals surface area contributed by atoms with Crippen LogP contribution in [0.25, 0.3) is 10.8 Å². The molecule has 5 nitrogen and oxygen atoms in total. The number of benzene rings is 1. The summed E-state index contributed by atoms with van der Waals surface area (Å²) in [7, 11) is 0. The minimum atomic E-state index is 0.113. The van der Waals surface area contributed by atoms with Crippen LogP contribution in [0.15, 0.2) is 59.7 Å². The van der Waals surface area contributed by atoms with Crippen LogP contribution in [0.1, 0.15) is 18.0 Å². The lowest BCUT2D eigenvalue weighted by atomic mass is 9.83. The Kier molecular flexibility index (Phi) is 3.93. The molecule has 1 aromatic carbocycles. The molecule has 2 aliphatic heterocycles. The molecule has 1 unspecified atom stereocenters. The quantitative estimate of drug-likeness (QED) is 0.661. The summed E-state index contributed by atoms with van der Waals surface area (Å²) < 4.78 is 1.95. The summed E-state index contributed by atoms with van der Waals surface area (Å²) in [4.78, 5) is 18.6. The lowest BCUT2D eigenvalue weighted by Crippen LogP contribution is -2.50. The fraction of sp³-hybridized carbons (Fsp3) is 0.286. The highest BCUT2D eigenvalue weighted by Crippen LogP contribution is 2.35. The molecule has 6 heteroatoms. The second-order valence-corrected chi connectivity index (χ2v) is 7.86. The summed E-state index contributed by atoms with van der Waals surface area (Å²) in [6.45, 7) is 2.53. The first kappa shape index (κ1) is 16.4. The van der Waals surface area contributed by atoms with Crippen molar-refractivity contribution in [1.29, 1.82) is 0 Å². The molecule has 1 N–H and O–H groups in total. The van der Waals surface area contributed by atoms with Crippen LogP contribution in [0.2, 0.25) is 0 Å². The predicted octanol–water partition coefficient (Wildman–Crippen LogP) is 3.21. The number of thiocarbonyl (C=S) groups is 1. The van der Waals surface area contributed by atoms with Crippen molar-refractivity contribution in [3.63, 3.8) is 0 Å². The predicted molar refractivity (Wildman–Crippen MR) is 111 cm³/mol. The van der Waals surface area contributed by atoms with Gasteiger partial charge in [0, 0.05) is 60.8 Å². The largest absolute Gasteiger partial charge is 0.348 e. The molecule has 0 radical (unpaired) electrons. The van der Waals surface area contributed by atoms with Crippen LogP contribution in [-0.4, -0.2) is 32.7 Å². The molecule has 27 heavy (non-hydrogen) atoms. The molecule has 0 saturated carbocycles. The van der Waals surface area contributed by atoms with E-state index in [1.807, 2.05) is 29.0 Å². The molecule has 5 rings (SSSR count). The number of nitrogens with zero attached hydrogens (tertiary/aromatic N) is 3. The van der Waals surface area contributed by atoms with Gasteiger partial charge in [-0.15, -0.1) is 0 Å². The number of pyridine rings is 2. The van der Waals surface area contributed by atoms with Crippen LogP contribution >= 0.6 is 12.2 Å². The second kappa shape index (κ2) is 6.46. The molecule has 3 aromatic rings. The van der Waals surface area contributed by atoms with Crippen LogP contribution in [0.3, 0.4) is 0 Å². The van der Waals surface area contributed by atoms with E-state index in [9.17, 15) is 4.79 Å². The highest BCUT2D eigenvalue weighted by atomic mass is 32.1. The van der Waals surface area contributed by atoms with Gasteiger partial charge in [0.2, 0.25) is 0 Å². The van der Waals surface area contributed by atoms with E-state index in [0.29, 0.717) is 11.8 Å². The highest BCUT2D eigenvalue weighted by molar-refractivity contribution is 7.80. The van der Waals surface area contributed by atoms with Gasteiger partial charge in [-0.05, 0) is 54.2 Å². The standard InChI is InChI=1S/C21H20N4OS/c26-20-3-1-2-19-17-8-14(12-25(19)20)11-24(13-17)21(27)23-18-5-4-16-10-22-7-6-15(16)9-18/h1-7,9-10,14,17H,8,11-13H2,(H,23,27)/t14-,17?/m0/s1. The van der Waals surface area contributed by atoms with Crippen molar-refractivity contribution in [2.75, 3.05) is 18.4 Å². The van der Waals surface area contributed by atoms with Gasteiger partial charge in [-0.3, -0.25) is 9.78 Å². The maximum atomic E-state index is 12.2. The second-order valence-electron chi connectivity index (χ2n) is 7.47. The smallest absolute Gasteiger partial charge is 0.250 e. The summed E-state index contributed by atoms with van der Waals surface area (Å²) >= 11 is 5.71. The third-order valence-corrected chi connectivity index (χ3v) is 6.02. The molecule has 0 aliphatic carbocycles. The number of anilines is 1. The highest BCUT2D eigenvalue weighted by Gasteiger charge is 2.35. The zero-order chi connectivity index (χ0) is 18.4. The van der Waals surface area contributed by atoms with E-state index in [0.717, 1.165) is 53.3 Å². The lowest BCUT2D eigenvalue weighted by Gasteiger charge is -2.43. The van der Waals surface area contributed by atoms with Gasteiger partial charge in [0.15, 0.2) is 5.11 Å². The van der Waals surface area contributed by atoms with E-state index in [-0.39, 0.29) is 5.56 Å². The summed E-state index contributed by atoms with van der Waals surface area (Å²) in [5.41, 5.74) is 2.25. The number of likely N-dealkylation sites (tertiary alicyclic amines) is 1. The summed E-state index contributed by atoms with van der Waals surface area (Å²) in [6, 6.07) is 13.8. The molecule has 0 amide bonds. The third kappa shape index (κ3) is 3.00. The number of fused-ring (bicyclic) bond motifs is 5. The van der Waals surface area contributed by atoms with Crippen molar-refractivity contribution in [1.82, 2.24) is 14.5 Å². The summed E-state index contributed by atoms with van der Waals surface area (Å²) in [5.74, 6) is 0.813. The molecule has 1 saturated heterocycles. The molecular formula is C21H20N4OS. The Balaban J connectivity index is 1.36. The first-order valence-corrected chi connectivity index (χ1v) is 9.68. The minimum absolute atomic E-state index is 0.113. The van der Waals surface area contributed by atoms with Crippen LogP contribution in [-0.2, 0) is 6.54 Å². The molecule has 2 atom stereocenters. The maximum absolute atomic E-state index is 12.2. The van der Waals surface area contributed by atoms with Crippen LogP contribution in [0, 0.1) is 5.92 Å². The van der Waals surface area contributed by atoms with Crippen molar-refractivity contribution in [2.24, 2.45) is 5.92 Å². The van der Waals surface area contributed by atoms with Gasteiger partial charge in [0.05, 0.1) is 0 Å². The Morgan fingerprint density at radius 1 is 1.11 bits per heavy atom. The fourth-order valence-corrected chi connectivity index (χ4v) is 4.69. The molecule has 4 heterocycles. The average Bonchev–Trinajstić information content (AvgIpc) is 2.68. The van der Waals surface area contributed by atoms with Gasteiger partial charge in [0.1, 0.15) is 0 Å². The first-order chi connectivity index (χ1) is 13.2. The van der Waals surface area contributed by atoms with E-state index < -0.39 is 0 Å². The zero-order valence-electron chi connectivity index (χ0n) is 14.8. The average molecular weight is 376 g/mol. The van der Waals surface area contributed by atoms with Crippen molar-refractivity contribution in [3.8, 4) is 0 Å². The zero-order valence-corrected chi connectivity index (χ0v) is 15.7. The van der Waals surface area contributed by atoms with Crippen molar-refractivity contribution >= 4 is 33.8 Å². The Morgan fingerprint density at radius 3 is 2.96 bits per heavy atom. The lowest BCUT2D eigenvalue weighted by molar-refractivity contribution is 0.180. The molecule has 0 spiro atoms. The van der Waals surface area contributed by atoms with Gasteiger partial charge >= 0.3 is 0 Å². The van der Waals surface area contributed by atoms with Crippen molar-refractivity contribution in [3.05, 3.63) is 70.9 Å². The molecule has 2 aliphatic rings. The Morgan fingerprint density at radius 2 is 2.04 bits per heavy atom. The summed E-state index contributed by atoms with van der Waals surface area (Å²) in [6.07, 6.45) is 4.80. The monoisotopic (exact) mass is 376 g/mol. The van der Waals surface area contributed by atoms with Gasteiger partial charge in [-0.2, -0.15) is 0 Å². The Bertz CT molecular complexity index is 1090. The Labute approximate surface area is 162 Å². The SMILES string of the molecule is O=c1cccc2n1C[C@H]1CC2CN(C(=S)Nc2ccc3cnccc3c2)C1. The first-order valence-electron chi connectivity index (χ1n) is 9.27. The third-order valence-electron chi connectivity index (χ3n) is 5.66. The Hall–Kier alpha value is -2.73. The molecule has 2 bridgehead atoms. The van der Waals surface area contributed by atoms with Gasteiger partial charge in [0.25, 0.3) is 5.56 Å². The number of aromatic nitrogens is 2. The van der Waals surface area contributed by atoms with E-state index in [1.165, 1.54) is 0 Å². The molecular weight excluding hydrogens is 356 g/mol. The van der Waals surface area contributed by atoms with Gasteiger partial charge in [-0.1, -0.05) is 12.1 Å². The molecule has 136 valence electrons. The maximum Gasteiger partial charge on any atom is 0.250 e. The number of nitrogens with one attached hydrogen (secondary N) is 1. The van der Waals surface area contributed by atoms with Crippen molar-refractivity contribution in [2.45, 2.75) is 18.9 Å². The minimum Gasteiger partial charge on any atom is -0.348 e. The topological polar surface area (TPSA) is 50.2 Å². The number of piperidine rings is 1. The van der Waals surface area contributed by atoms with Crippen LogP contribution in [0.4, 0.5) is 5.69 Å². The van der Waals surface area contributed by atoms with E-state index >= 15 is 0 Å². The van der Waals surface area contributed by atoms with E-state index in [2.05, 4.69) is 33.4 Å². The molecule has 2 aromatic heterocycles. The van der Waals surface area contributed by atoms with Gasteiger partial charge in [-0.25, -0.2) is 0 Å².